The van der Waals surface area contributed by atoms with Crippen LogP contribution in [0, 0.1) is 6.42 Å². The van der Waals surface area contributed by atoms with Crippen LogP contribution in [0.1, 0.15) is 0 Å². The van der Waals surface area contributed by atoms with Crippen LogP contribution >= 0.6 is 9.85 Å². The number of halogens is 1. The fourth-order valence-electron chi connectivity index (χ4n) is 0.321. The van der Waals surface area contributed by atoms with Crippen molar-refractivity contribution >= 4 is 9.85 Å². The van der Waals surface area contributed by atoms with Gasteiger partial charge in [0, 0.05) is 6.42 Å². The molecule has 0 saturated carbocycles. The second-order valence-electron chi connectivity index (χ2n) is 0.962. The molecule has 7 heavy (non-hydrogen) atoms. The fraction of sp³-hybridized carbons (Fsp3) is 0. The Morgan fingerprint density at radius 2 is 1.29 bits per heavy atom. The molecule has 0 bridgehead atoms. The van der Waals surface area contributed by atoms with Gasteiger partial charge in [0.05, 0.1) is 0 Å². The molecule has 0 aromatic heterocycles. The van der Waals surface area contributed by atoms with Crippen LogP contribution in [0.15, 0.2) is 24.3 Å². The first-order valence-corrected chi connectivity index (χ1v) is 3.76. The second kappa shape index (κ2) is 6.35. The van der Waals surface area contributed by atoms with Crippen molar-refractivity contribution in [3.63, 3.8) is 0 Å². The summed E-state index contributed by atoms with van der Waals surface area (Å²) in [7, 11) is 4.58. The number of allylic oxidation sites excluding steroid dienone is 4. The van der Waals surface area contributed by atoms with E-state index in [4.69, 9.17) is 0 Å². The van der Waals surface area contributed by atoms with E-state index < -0.39 is 0 Å². The van der Waals surface area contributed by atoms with Gasteiger partial charge in [-0.3, -0.25) is 0 Å². The molecule has 0 amide bonds. The molecule has 0 nitrogen and oxygen atoms in total. The van der Waals surface area contributed by atoms with E-state index in [1.165, 1.54) is 0 Å². The third-order valence-electron chi connectivity index (χ3n) is 0.556. The zero-order chi connectivity index (χ0) is 5.54. The molecule has 37 valence electrons. The van der Waals surface area contributed by atoms with E-state index in [-0.39, 0.29) is 0 Å². The summed E-state index contributed by atoms with van der Waals surface area (Å²) in [6.07, 6.45) is 10.0. The van der Waals surface area contributed by atoms with Crippen LogP contribution in [0.2, 0.25) is 0 Å². The summed E-state index contributed by atoms with van der Waals surface area (Å²) in [5.41, 5.74) is 0. The van der Waals surface area contributed by atoms with E-state index in [1.807, 2.05) is 30.7 Å². The van der Waals surface area contributed by atoms with Crippen molar-refractivity contribution in [1.82, 2.24) is 0 Å². The molecule has 0 N–H and O–H groups in total. The molecule has 2 heteroatoms. The first kappa shape index (κ1) is 7.35. The third-order valence-corrected chi connectivity index (χ3v) is 0.556. The van der Waals surface area contributed by atoms with Crippen molar-refractivity contribution in [3.05, 3.63) is 30.7 Å². The summed E-state index contributed by atoms with van der Waals surface area (Å²) >= 11 is 1.78. The molecular formula is C5H5ClV. The maximum atomic E-state index is 4.58. The van der Waals surface area contributed by atoms with E-state index in [2.05, 4.69) is 9.85 Å². The SMILES string of the molecule is [CH]1C=CC=C1.[Cl][V]. The Morgan fingerprint density at radius 1 is 0.857 bits per heavy atom. The normalized spacial score (nSPS) is 13.3. The topological polar surface area (TPSA) is 0 Å². The molecule has 0 atom stereocenters. The van der Waals surface area contributed by atoms with Crippen molar-refractivity contribution in [2.45, 2.75) is 0 Å². The summed E-state index contributed by atoms with van der Waals surface area (Å²) < 4.78 is 0. The van der Waals surface area contributed by atoms with Gasteiger partial charge in [-0.15, -0.1) is 0 Å². The molecule has 0 aliphatic heterocycles. The Hall–Kier alpha value is 0.354. The van der Waals surface area contributed by atoms with E-state index in [1.54, 1.807) is 16.5 Å². The van der Waals surface area contributed by atoms with E-state index in [0.29, 0.717) is 0 Å². The molecule has 1 rings (SSSR count). The molecule has 0 aromatic carbocycles. The van der Waals surface area contributed by atoms with Gasteiger partial charge < -0.3 is 0 Å². The maximum absolute atomic E-state index is 4.58. The Morgan fingerprint density at radius 3 is 1.43 bits per heavy atom. The molecule has 0 unspecified atom stereocenters. The van der Waals surface area contributed by atoms with Crippen LogP contribution in [0.4, 0.5) is 0 Å². The van der Waals surface area contributed by atoms with Crippen molar-refractivity contribution in [3.8, 4) is 0 Å². The van der Waals surface area contributed by atoms with Crippen molar-refractivity contribution in [1.29, 1.82) is 0 Å². The molecule has 0 aromatic rings. The van der Waals surface area contributed by atoms with Crippen molar-refractivity contribution < 1.29 is 16.5 Å². The molecular weight excluding hydrogens is 146 g/mol. The van der Waals surface area contributed by atoms with Crippen LogP contribution in [0.25, 0.3) is 0 Å². The van der Waals surface area contributed by atoms with Crippen LogP contribution in [-0.2, 0) is 16.5 Å². The minimum atomic E-state index is 1.78. The Kier molecular flexibility index (Phi) is 6.68. The average molecular weight is 151 g/mol. The quantitative estimate of drug-likeness (QED) is 0.497. The number of rotatable bonds is 0. The second-order valence-corrected chi connectivity index (χ2v) is 0.962. The average Bonchev–Trinajstić information content (AvgIpc) is 2.23. The molecule has 1 aliphatic carbocycles. The van der Waals surface area contributed by atoms with Gasteiger partial charge in [-0.05, 0) is 0 Å². The zero-order valence-corrected chi connectivity index (χ0v) is 5.86. The van der Waals surface area contributed by atoms with Crippen molar-refractivity contribution in [2.24, 2.45) is 0 Å². The standard InChI is InChI=1S/C5H5.ClH.V/c1-2-4-5-3-1;;/h1-5H;1H;/q;;+1/p-1. The molecule has 0 spiro atoms. The van der Waals surface area contributed by atoms with Crippen LogP contribution in [0.5, 0.6) is 0 Å². The van der Waals surface area contributed by atoms with E-state index in [0.717, 1.165) is 0 Å². The minimum absolute atomic E-state index is 1.78. The van der Waals surface area contributed by atoms with Crippen LogP contribution in [0.3, 0.4) is 0 Å². The third kappa shape index (κ3) is 4.20. The van der Waals surface area contributed by atoms with Gasteiger partial charge in [-0.25, -0.2) is 0 Å². The van der Waals surface area contributed by atoms with Gasteiger partial charge in [0.15, 0.2) is 0 Å². The monoisotopic (exact) mass is 151 g/mol. The Bertz CT molecular complexity index is 66.1. The summed E-state index contributed by atoms with van der Waals surface area (Å²) in [5.74, 6) is 0. The molecule has 1 radical (unpaired) electrons. The van der Waals surface area contributed by atoms with Gasteiger partial charge in [0.1, 0.15) is 0 Å². The van der Waals surface area contributed by atoms with Crippen LogP contribution in [-0.4, -0.2) is 0 Å². The summed E-state index contributed by atoms with van der Waals surface area (Å²) in [4.78, 5) is 0. The van der Waals surface area contributed by atoms with E-state index in [9.17, 15) is 0 Å². The molecule has 1 aliphatic rings. The van der Waals surface area contributed by atoms with Gasteiger partial charge in [0.2, 0.25) is 0 Å². The zero-order valence-electron chi connectivity index (χ0n) is 3.71. The van der Waals surface area contributed by atoms with Gasteiger partial charge >= 0.3 is 26.3 Å². The predicted molar refractivity (Wildman–Crippen MR) is 28.4 cm³/mol. The summed E-state index contributed by atoms with van der Waals surface area (Å²) in [5, 5.41) is 0. The van der Waals surface area contributed by atoms with Crippen LogP contribution < -0.4 is 0 Å². The molecule has 0 heterocycles. The first-order valence-electron chi connectivity index (χ1n) is 1.84. The summed E-state index contributed by atoms with van der Waals surface area (Å²) in [6, 6.07) is 0. The van der Waals surface area contributed by atoms with Gasteiger partial charge in [-0.1, -0.05) is 24.3 Å². The fourth-order valence-corrected chi connectivity index (χ4v) is 0.321. The predicted octanol–water partition coefficient (Wildman–Crippen LogP) is 2.00. The summed E-state index contributed by atoms with van der Waals surface area (Å²) in [6.45, 7) is 0. The van der Waals surface area contributed by atoms with Gasteiger partial charge in [-0.2, -0.15) is 0 Å². The van der Waals surface area contributed by atoms with Gasteiger partial charge in [0.25, 0.3) is 0 Å². The Balaban J connectivity index is 0.000000162. The van der Waals surface area contributed by atoms with E-state index >= 15 is 0 Å². The number of hydrogen-bond acceptors (Lipinski definition) is 0. The Labute approximate surface area is 57.3 Å². The number of hydrogen-bond donors (Lipinski definition) is 0. The molecule has 0 saturated heterocycles. The van der Waals surface area contributed by atoms with Crippen molar-refractivity contribution in [2.75, 3.05) is 0 Å². The first-order chi connectivity index (χ1) is 3.50. The molecule has 0 fully saturated rings.